The monoisotopic (exact) mass is 1450 g/mol. The van der Waals surface area contributed by atoms with Crippen molar-refractivity contribution < 1.29 is 19.7 Å². The average Bonchev–Trinajstić information content (AvgIpc) is 0.767. The topological polar surface area (TPSA) is 83.0 Å². The van der Waals surface area contributed by atoms with E-state index >= 15 is 0 Å². The molecule has 588 valence electrons. The van der Waals surface area contributed by atoms with Crippen LogP contribution in [0.3, 0.4) is 0 Å². The van der Waals surface area contributed by atoms with Crippen molar-refractivity contribution in [2.75, 3.05) is 26.3 Å². The Kier molecular flexibility index (Phi) is 38.2. The molecule has 0 fully saturated rings. The number of nitrogens with one attached hydrogen (secondary N) is 2. The molecule has 4 N–H and O–H groups in total. The Morgan fingerprint density at radius 3 is 0.736 bits per heavy atom. The van der Waals surface area contributed by atoms with Crippen molar-refractivity contribution in [1.29, 1.82) is 0 Å². The third-order valence-corrected chi connectivity index (χ3v) is 24.5. The number of phenols is 2. The molecule has 0 radical (unpaired) electrons. The number of fused-ring (bicyclic) bond motifs is 8. The molecule has 2 atom stereocenters. The Labute approximate surface area is 650 Å². The lowest BCUT2D eigenvalue weighted by molar-refractivity contribution is 0.301. The minimum Gasteiger partial charge on any atom is -0.507 e. The van der Waals surface area contributed by atoms with Gasteiger partial charge in [0.05, 0.1) is 0 Å². The zero-order valence-corrected chi connectivity index (χ0v) is 70.4. The molecule has 6 nitrogen and oxygen atoms in total. The van der Waals surface area contributed by atoms with Crippen molar-refractivity contribution in [3.05, 3.63) is 187 Å². The van der Waals surface area contributed by atoms with E-state index < -0.39 is 0 Å². The lowest BCUT2D eigenvalue weighted by atomic mass is 9.75. The van der Waals surface area contributed by atoms with E-state index in [1.807, 2.05) is 0 Å². The molecule has 0 saturated carbocycles. The Balaban J connectivity index is 1.46. The van der Waals surface area contributed by atoms with E-state index in [4.69, 9.17) is 9.47 Å². The number of benzene rings is 6. The molecule has 0 aromatic heterocycles. The zero-order valence-electron chi connectivity index (χ0n) is 70.4. The van der Waals surface area contributed by atoms with Crippen molar-refractivity contribution in [3.63, 3.8) is 0 Å². The highest BCUT2D eigenvalue weighted by Gasteiger charge is 2.32. The van der Waals surface area contributed by atoms with Gasteiger partial charge in [-0.2, -0.15) is 0 Å². The molecule has 106 heavy (non-hydrogen) atoms. The summed E-state index contributed by atoms with van der Waals surface area (Å²) in [7, 11) is 0. The molecule has 0 heterocycles. The highest BCUT2D eigenvalue weighted by molar-refractivity contribution is 5.60. The second-order valence-corrected chi connectivity index (χ2v) is 35.5. The standard InChI is InChI=1S/C100H154N2O4/c1-15-19-23-27-31-35-39-49-57-97(7,8)89-69-81-65-85-73-91(99(11,12)59-51-41-37-33-29-25-21-17-3)75-87(95(85)105-63-61-101-77(5)79-53-45-43-46-54-79)67-83-71-90(98(9,10)58-50-40-36-32-28-24-20-16-2)72-84(94(83)104)68-88-76-92(100(13,14)60-52-42-38-34-30-26-22-18-4)74-86(66-82(70-89)93(81)103)96(88)106-64-62-102-78(6)80-55-47-44-48-56-80/h43-48,53-56,69-78,101-104H,15-42,49-52,57-68H2,1-14H3/t77-,78-/m0/s1. The number of hydrogen-bond acceptors (Lipinski definition) is 6. The van der Waals surface area contributed by atoms with Gasteiger partial charge in [0.2, 0.25) is 0 Å². The van der Waals surface area contributed by atoms with Crippen LogP contribution in [0.1, 0.15) is 418 Å². The smallest absolute Gasteiger partial charge is 0.126 e. The predicted molar refractivity (Wildman–Crippen MR) is 458 cm³/mol. The van der Waals surface area contributed by atoms with E-state index in [9.17, 15) is 10.2 Å². The molecule has 0 unspecified atom stereocenters. The Morgan fingerprint density at radius 1 is 0.302 bits per heavy atom. The van der Waals surface area contributed by atoms with Crippen LogP contribution in [-0.4, -0.2) is 36.5 Å². The normalized spacial score (nSPS) is 13.5. The molecular formula is C100H154N2O4. The van der Waals surface area contributed by atoms with Crippen molar-refractivity contribution in [3.8, 4) is 23.0 Å². The van der Waals surface area contributed by atoms with E-state index in [0.717, 1.165) is 81.7 Å². The number of unbranched alkanes of at least 4 members (excludes halogenated alkanes) is 28. The minimum atomic E-state index is -0.170. The largest absolute Gasteiger partial charge is 0.507 e. The lowest BCUT2D eigenvalue weighted by Gasteiger charge is -2.31. The van der Waals surface area contributed by atoms with Crippen LogP contribution in [-0.2, 0) is 47.3 Å². The maximum Gasteiger partial charge on any atom is 0.126 e. The van der Waals surface area contributed by atoms with Crippen LogP contribution >= 0.6 is 0 Å². The summed E-state index contributed by atoms with van der Waals surface area (Å²) >= 11 is 0. The van der Waals surface area contributed by atoms with E-state index in [-0.39, 0.29) is 33.7 Å². The SMILES string of the molecule is CCCCCCCCCCC(C)(C)c1cc2c(O)c(c1)Cc1cc(C(C)(C)CCCCCCCCCC)cc(c1OCCN[C@@H](C)c1ccccc1)Cc1cc(C(C)(C)CCCCCCCCCC)cc(c1O)Cc1cc(C(C)(C)CCCCCCCCCC)cc(c1OCCN[C@@H](C)c1ccccc1)C2. The van der Waals surface area contributed by atoms with Gasteiger partial charge in [-0.3, -0.25) is 0 Å². The minimum absolute atomic E-state index is 0.142. The second-order valence-electron chi connectivity index (χ2n) is 35.5. The summed E-state index contributed by atoms with van der Waals surface area (Å²) in [5.41, 5.74) is 15.1. The van der Waals surface area contributed by atoms with E-state index in [2.05, 4.69) is 217 Å². The number of rotatable bonds is 52. The van der Waals surface area contributed by atoms with E-state index in [1.54, 1.807) is 0 Å². The first-order valence-corrected chi connectivity index (χ1v) is 44.0. The first kappa shape index (κ1) is 87.7. The van der Waals surface area contributed by atoms with Crippen molar-refractivity contribution in [2.24, 2.45) is 0 Å². The van der Waals surface area contributed by atoms with Crippen molar-refractivity contribution in [2.45, 2.75) is 388 Å². The Hall–Kier alpha value is -5.56. The molecular weight excluding hydrogens is 1290 g/mol. The summed E-state index contributed by atoms with van der Waals surface area (Å²) in [4.78, 5) is 0. The molecule has 0 spiro atoms. The summed E-state index contributed by atoms with van der Waals surface area (Å²) in [6.45, 7) is 35.6. The highest BCUT2D eigenvalue weighted by atomic mass is 16.5. The lowest BCUT2D eigenvalue weighted by Crippen LogP contribution is -2.25. The fourth-order valence-corrected chi connectivity index (χ4v) is 16.8. The summed E-state index contributed by atoms with van der Waals surface area (Å²) in [6.07, 6.45) is 47.3. The maximum atomic E-state index is 13.7. The van der Waals surface area contributed by atoms with Gasteiger partial charge in [0.1, 0.15) is 36.2 Å². The summed E-state index contributed by atoms with van der Waals surface area (Å²) in [6, 6.07) is 41.2. The highest BCUT2D eigenvalue weighted by Crippen LogP contribution is 2.46. The van der Waals surface area contributed by atoms with Crippen LogP contribution in [0.25, 0.3) is 0 Å². The van der Waals surface area contributed by atoms with Gasteiger partial charge in [0, 0.05) is 50.9 Å². The molecule has 1 aliphatic carbocycles. The fraction of sp³-hybridized carbons (Fsp3) is 0.640. The molecule has 6 heteroatoms. The summed E-state index contributed by atoms with van der Waals surface area (Å²) in [5, 5.41) is 35.0. The molecule has 0 amide bonds. The van der Waals surface area contributed by atoms with Crippen LogP contribution in [0.15, 0.2) is 109 Å². The van der Waals surface area contributed by atoms with Gasteiger partial charge in [0.25, 0.3) is 0 Å². The number of aromatic hydroxyl groups is 2. The molecule has 1 aliphatic rings. The molecule has 7 rings (SSSR count). The fourth-order valence-electron chi connectivity index (χ4n) is 16.8. The quantitative estimate of drug-likeness (QED) is 0.0285. The van der Waals surface area contributed by atoms with Gasteiger partial charge < -0.3 is 30.3 Å². The maximum absolute atomic E-state index is 13.7. The predicted octanol–water partition coefficient (Wildman–Crippen LogP) is 28.5. The van der Waals surface area contributed by atoms with Gasteiger partial charge in [-0.05, 0) is 139 Å². The number of hydrogen-bond donors (Lipinski definition) is 4. The first-order valence-electron chi connectivity index (χ1n) is 44.0. The first-order chi connectivity index (χ1) is 51.1. The van der Waals surface area contributed by atoms with E-state index in [0.29, 0.717) is 63.5 Å². The third kappa shape index (κ3) is 28.7. The summed E-state index contributed by atoms with van der Waals surface area (Å²) < 4.78 is 14.9. The number of phenolic OH excluding ortho intramolecular Hbond substituents is 2. The Bertz CT molecular complexity index is 3110. The van der Waals surface area contributed by atoms with Crippen LogP contribution in [0.2, 0.25) is 0 Å². The van der Waals surface area contributed by atoms with Crippen LogP contribution in [0, 0.1) is 0 Å². The average molecular weight is 1450 g/mol. The van der Waals surface area contributed by atoms with Crippen LogP contribution in [0.5, 0.6) is 23.0 Å². The van der Waals surface area contributed by atoms with Crippen molar-refractivity contribution in [1.82, 2.24) is 10.6 Å². The van der Waals surface area contributed by atoms with Gasteiger partial charge in [-0.1, -0.05) is 398 Å². The van der Waals surface area contributed by atoms with Crippen molar-refractivity contribution >= 4 is 0 Å². The van der Waals surface area contributed by atoms with Crippen LogP contribution < -0.4 is 20.1 Å². The zero-order chi connectivity index (χ0) is 76.2. The molecule has 6 aromatic rings. The Morgan fingerprint density at radius 2 is 0.509 bits per heavy atom. The van der Waals surface area contributed by atoms with E-state index in [1.165, 1.54) is 239 Å². The van der Waals surface area contributed by atoms with Crippen LogP contribution in [0.4, 0.5) is 0 Å². The molecule has 8 bridgehead atoms. The molecule has 6 aromatic carbocycles. The van der Waals surface area contributed by atoms with Gasteiger partial charge in [0.15, 0.2) is 0 Å². The van der Waals surface area contributed by atoms with Gasteiger partial charge in [-0.25, -0.2) is 0 Å². The number of ether oxygens (including phenoxy) is 2. The third-order valence-electron chi connectivity index (χ3n) is 24.5. The van der Waals surface area contributed by atoms with Gasteiger partial charge in [-0.15, -0.1) is 0 Å². The second kappa shape index (κ2) is 46.2. The molecule has 0 aliphatic heterocycles. The summed E-state index contributed by atoms with van der Waals surface area (Å²) in [5.74, 6) is 2.49. The van der Waals surface area contributed by atoms with Gasteiger partial charge >= 0.3 is 0 Å². The molecule has 0 saturated heterocycles.